The molecule has 22 heavy (non-hydrogen) atoms. The summed E-state index contributed by atoms with van der Waals surface area (Å²) in [5.74, 6) is -0.166. The highest BCUT2D eigenvalue weighted by atomic mass is 79.9. The molecular weight excluding hydrogens is 384 g/mol. The average molecular weight is 396 g/mol. The van der Waals surface area contributed by atoms with Crippen LogP contribution < -0.4 is 4.80 Å². The van der Waals surface area contributed by atoms with Crippen LogP contribution in [-0.4, -0.2) is 10.5 Å². The van der Waals surface area contributed by atoms with Crippen molar-refractivity contribution in [2.45, 2.75) is 6.42 Å². The van der Waals surface area contributed by atoms with E-state index in [0.717, 1.165) is 20.3 Å². The molecule has 0 spiro atoms. The van der Waals surface area contributed by atoms with Crippen LogP contribution in [0.2, 0.25) is 5.02 Å². The van der Waals surface area contributed by atoms with Crippen molar-refractivity contribution in [1.82, 2.24) is 4.57 Å². The fourth-order valence-electron chi connectivity index (χ4n) is 2.19. The number of fused-ring (bicyclic) bond motifs is 1. The lowest BCUT2D eigenvalue weighted by Gasteiger charge is -1.99. The van der Waals surface area contributed by atoms with Crippen molar-refractivity contribution < 1.29 is 4.79 Å². The van der Waals surface area contributed by atoms with Gasteiger partial charge >= 0.3 is 0 Å². The molecular formula is C16H12BrClN2OS. The molecule has 0 fully saturated rings. The number of para-hydroxylation sites is 1. The topological polar surface area (TPSA) is 34.4 Å². The van der Waals surface area contributed by atoms with Gasteiger partial charge in [0, 0.05) is 16.5 Å². The Bertz CT molecular complexity index is 912. The van der Waals surface area contributed by atoms with Gasteiger partial charge in [0.25, 0.3) is 5.91 Å². The number of halogens is 2. The molecule has 0 aliphatic carbocycles. The fraction of sp³-hybridized carbons (Fsp3) is 0.125. The maximum absolute atomic E-state index is 12.2. The van der Waals surface area contributed by atoms with E-state index >= 15 is 0 Å². The number of hydrogen-bond donors (Lipinski definition) is 0. The molecule has 1 amide bonds. The standard InChI is InChI=1S/C16H12BrClN2OS/c1-20-15-12(17)3-2-4-13(15)22-16(20)19-14(21)9-10-5-7-11(18)8-6-10/h2-8H,9H2,1H3. The third-order valence-electron chi connectivity index (χ3n) is 3.26. The second-order valence-corrected chi connectivity index (χ2v) is 7.14. The predicted octanol–water partition coefficient (Wildman–Crippen LogP) is 4.33. The largest absolute Gasteiger partial charge is 0.318 e. The summed E-state index contributed by atoms with van der Waals surface area (Å²) >= 11 is 10.9. The molecule has 6 heteroatoms. The van der Waals surface area contributed by atoms with Crippen LogP contribution in [-0.2, 0) is 18.3 Å². The summed E-state index contributed by atoms with van der Waals surface area (Å²) in [5.41, 5.74) is 1.95. The Hall–Kier alpha value is -1.43. The highest BCUT2D eigenvalue weighted by molar-refractivity contribution is 9.10. The van der Waals surface area contributed by atoms with Crippen LogP contribution >= 0.6 is 38.9 Å². The van der Waals surface area contributed by atoms with Crippen molar-refractivity contribution in [3.8, 4) is 0 Å². The van der Waals surface area contributed by atoms with Crippen molar-refractivity contribution >= 4 is 55.0 Å². The lowest BCUT2D eigenvalue weighted by molar-refractivity contribution is -0.117. The molecule has 0 atom stereocenters. The van der Waals surface area contributed by atoms with Crippen molar-refractivity contribution in [2.75, 3.05) is 0 Å². The Kier molecular flexibility index (Phi) is 4.47. The molecule has 2 aromatic carbocycles. The minimum Gasteiger partial charge on any atom is -0.318 e. The zero-order valence-corrected chi connectivity index (χ0v) is 14.9. The number of carbonyl (C=O) groups is 1. The van der Waals surface area contributed by atoms with Gasteiger partial charge in [-0.1, -0.05) is 41.1 Å². The summed E-state index contributed by atoms with van der Waals surface area (Å²) in [5, 5.41) is 0.661. The molecule has 0 bridgehead atoms. The number of aryl methyl sites for hydroxylation is 1. The van der Waals surface area contributed by atoms with E-state index in [0.29, 0.717) is 9.82 Å². The van der Waals surface area contributed by atoms with Gasteiger partial charge < -0.3 is 4.57 Å². The van der Waals surface area contributed by atoms with Gasteiger partial charge in [0.15, 0.2) is 4.80 Å². The van der Waals surface area contributed by atoms with Crippen LogP contribution in [0.3, 0.4) is 0 Å². The van der Waals surface area contributed by atoms with E-state index in [1.807, 2.05) is 41.9 Å². The van der Waals surface area contributed by atoms with Crippen molar-refractivity contribution in [3.63, 3.8) is 0 Å². The van der Waals surface area contributed by atoms with Crippen LogP contribution in [0.25, 0.3) is 10.2 Å². The maximum atomic E-state index is 12.2. The van der Waals surface area contributed by atoms with Crippen LogP contribution in [0.4, 0.5) is 0 Å². The summed E-state index contributed by atoms with van der Waals surface area (Å²) < 4.78 is 4.02. The van der Waals surface area contributed by atoms with Crippen molar-refractivity contribution in [1.29, 1.82) is 0 Å². The number of amides is 1. The van der Waals surface area contributed by atoms with Gasteiger partial charge in [-0.2, -0.15) is 4.99 Å². The quantitative estimate of drug-likeness (QED) is 0.636. The van der Waals surface area contributed by atoms with E-state index in [-0.39, 0.29) is 12.3 Å². The smallest absolute Gasteiger partial charge is 0.252 e. The zero-order chi connectivity index (χ0) is 15.7. The lowest BCUT2D eigenvalue weighted by Crippen LogP contribution is -2.14. The summed E-state index contributed by atoms with van der Waals surface area (Å²) in [6, 6.07) is 13.2. The second kappa shape index (κ2) is 6.36. The number of thiazole rings is 1. The highest BCUT2D eigenvalue weighted by Crippen LogP contribution is 2.24. The molecule has 1 aromatic heterocycles. The Labute approximate surface area is 145 Å². The Balaban J connectivity index is 1.94. The number of carbonyl (C=O) groups excluding carboxylic acids is 1. The van der Waals surface area contributed by atoms with E-state index in [2.05, 4.69) is 20.9 Å². The molecule has 112 valence electrons. The molecule has 3 aromatic rings. The fourth-order valence-corrected chi connectivity index (χ4v) is 4.14. The molecule has 1 heterocycles. The SMILES string of the molecule is Cn1c(=NC(=O)Cc2ccc(Cl)cc2)sc2cccc(Br)c21. The highest BCUT2D eigenvalue weighted by Gasteiger charge is 2.08. The predicted molar refractivity (Wildman–Crippen MR) is 94.2 cm³/mol. The van der Waals surface area contributed by atoms with Crippen LogP contribution in [0, 0.1) is 0 Å². The van der Waals surface area contributed by atoms with E-state index in [1.165, 1.54) is 11.3 Å². The lowest BCUT2D eigenvalue weighted by atomic mass is 10.1. The molecule has 0 radical (unpaired) electrons. The van der Waals surface area contributed by atoms with E-state index in [9.17, 15) is 4.79 Å². The van der Waals surface area contributed by atoms with Gasteiger partial charge in [-0.15, -0.1) is 0 Å². The summed E-state index contributed by atoms with van der Waals surface area (Å²) in [6.45, 7) is 0. The first-order chi connectivity index (χ1) is 10.5. The molecule has 0 aliphatic rings. The van der Waals surface area contributed by atoms with Gasteiger partial charge in [-0.25, -0.2) is 0 Å². The molecule has 0 unspecified atom stereocenters. The van der Waals surface area contributed by atoms with Gasteiger partial charge in [-0.3, -0.25) is 4.79 Å². The van der Waals surface area contributed by atoms with E-state index in [4.69, 9.17) is 11.6 Å². The van der Waals surface area contributed by atoms with Gasteiger partial charge in [-0.05, 0) is 45.8 Å². The first-order valence-corrected chi connectivity index (χ1v) is 8.59. The second-order valence-electron chi connectivity index (χ2n) is 4.84. The van der Waals surface area contributed by atoms with Crippen LogP contribution in [0.15, 0.2) is 51.9 Å². The third kappa shape index (κ3) is 3.16. The van der Waals surface area contributed by atoms with Crippen molar-refractivity contribution in [3.05, 3.63) is 62.3 Å². The normalized spacial score (nSPS) is 12.0. The molecule has 3 nitrogen and oxygen atoms in total. The average Bonchev–Trinajstić information content (AvgIpc) is 2.79. The van der Waals surface area contributed by atoms with Crippen LogP contribution in [0.5, 0.6) is 0 Å². The van der Waals surface area contributed by atoms with Crippen LogP contribution in [0.1, 0.15) is 5.56 Å². The number of hydrogen-bond acceptors (Lipinski definition) is 2. The minimum absolute atomic E-state index is 0.166. The van der Waals surface area contributed by atoms with Crippen molar-refractivity contribution in [2.24, 2.45) is 12.0 Å². The minimum atomic E-state index is -0.166. The molecule has 0 saturated carbocycles. The first-order valence-electron chi connectivity index (χ1n) is 6.60. The number of rotatable bonds is 2. The Morgan fingerprint density at radius 3 is 2.68 bits per heavy atom. The summed E-state index contributed by atoms with van der Waals surface area (Å²) in [6.07, 6.45) is 0.270. The first kappa shape index (κ1) is 15.5. The van der Waals surface area contributed by atoms with Gasteiger partial charge in [0.2, 0.25) is 0 Å². The summed E-state index contributed by atoms with van der Waals surface area (Å²) in [4.78, 5) is 17.1. The van der Waals surface area contributed by atoms with E-state index < -0.39 is 0 Å². The zero-order valence-electron chi connectivity index (χ0n) is 11.7. The summed E-state index contributed by atoms with van der Waals surface area (Å²) in [7, 11) is 1.91. The van der Waals surface area contributed by atoms with E-state index in [1.54, 1.807) is 12.1 Å². The Morgan fingerprint density at radius 2 is 2.00 bits per heavy atom. The molecule has 0 saturated heterocycles. The van der Waals surface area contributed by atoms with Gasteiger partial charge in [0.05, 0.1) is 16.6 Å². The number of nitrogens with zero attached hydrogens (tertiary/aromatic N) is 2. The molecule has 3 rings (SSSR count). The third-order valence-corrected chi connectivity index (χ3v) is 5.25. The monoisotopic (exact) mass is 394 g/mol. The molecule has 0 N–H and O–H groups in total. The van der Waals surface area contributed by atoms with Gasteiger partial charge in [0.1, 0.15) is 0 Å². The molecule has 0 aliphatic heterocycles. The number of benzene rings is 2. The maximum Gasteiger partial charge on any atom is 0.252 e. The number of aromatic nitrogens is 1. The Morgan fingerprint density at radius 1 is 1.27 bits per heavy atom.